The van der Waals surface area contributed by atoms with Crippen LogP contribution in [0.25, 0.3) is 22.3 Å². The van der Waals surface area contributed by atoms with E-state index in [1.54, 1.807) is 12.4 Å². The quantitative estimate of drug-likeness (QED) is 0.526. The third-order valence-electron chi connectivity index (χ3n) is 2.68. The van der Waals surface area contributed by atoms with Gasteiger partial charge in [-0.05, 0) is 12.1 Å². The second kappa shape index (κ2) is 4.38. The van der Waals surface area contributed by atoms with Crippen molar-refractivity contribution in [2.75, 3.05) is 5.43 Å². The molecule has 0 atom stereocenters. The van der Waals surface area contributed by atoms with E-state index in [1.165, 1.54) is 0 Å². The molecule has 0 spiro atoms. The van der Waals surface area contributed by atoms with Gasteiger partial charge in [-0.1, -0.05) is 24.3 Å². The summed E-state index contributed by atoms with van der Waals surface area (Å²) in [5.41, 5.74) is 4.84. The van der Waals surface area contributed by atoms with Crippen LogP contribution in [0, 0.1) is 0 Å². The van der Waals surface area contributed by atoms with Gasteiger partial charge in [-0.25, -0.2) is 20.8 Å². The first-order chi connectivity index (χ1) is 8.88. The molecule has 3 N–H and O–H groups in total. The fourth-order valence-corrected chi connectivity index (χ4v) is 1.83. The Morgan fingerprint density at radius 1 is 0.944 bits per heavy atom. The molecule has 0 radical (unpaired) electrons. The zero-order chi connectivity index (χ0) is 12.4. The first-order valence-electron chi connectivity index (χ1n) is 5.52. The van der Waals surface area contributed by atoms with E-state index in [2.05, 4.69) is 20.4 Å². The molecule has 88 valence electrons. The predicted octanol–water partition coefficient (Wildman–Crippen LogP) is 1.98. The van der Waals surface area contributed by atoms with Gasteiger partial charge >= 0.3 is 0 Å². The number of pyridine rings is 1. The molecule has 0 saturated carbocycles. The Balaban J connectivity index is 2.19. The molecule has 0 saturated heterocycles. The molecule has 0 unspecified atom stereocenters. The molecule has 0 aliphatic heterocycles. The molecule has 0 amide bonds. The van der Waals surface area contributed by atoms with Gasteiger partial charge in [0.15, 0.2) is 5.82 Å². The average molecular weight is 237 g/mol. The van der Waals surface area contributed by atoms with Crippen molar-refractivity contribution in [3.8, 4) is 11.4 Å². The van der Waals surface area contributed by atoms with Crippen molar-refractivity contribution in [3.63, 3.8) is 0 Å². The Morgan fingerprint density at radius 2 is 1.78 bits per heavy atom. The molecule has 0 bridgehead atoms. The van der Waals surface area contributed by atoms with Gasteiger partial charge in [0.25, 0.3) is 0 Å². The molecule has 0 aliphatic carbocycles. The monoisotopic (exact) mass is 237 g/mol. The van der Waals surface area contributed by atoms with Gasteiger partial charge in [0, 0.05) is 17.8 Å². The standard InChI is InChI=1S/C13H11N5/c14-18-13-12(15-7-8-16-13)11-6-5-9-3-1-2-4-10(9)17-11/h1-8H,14H2,(H,16,18). The molecule has 2 heterocycles. The number of aromatic nitrogens is 3. The van der Waals surface area contributed by atoms with E-state index in [0.717, 1.165) is 16.6 Å². The topological polar surface area (TPSA) is 76.7 Å². The van der Waals surface area contributed by atoms with Crippen molar-refractivity contribution in [2.45, 2.75) is 0 Å². The lowest BCUT2D eigenvalue weighted by molar-refractivity contribution is 1.15. The summed E-state index contributed by atoms with van der Waals surface area (Å²) < 4.78 is 0. The Bertz CT molecular complexity index is 696. The van der Waals surface area contributed by atoms with E-state index in [0.29, 0.717) is 11.5 Å². The van der Waals surface area contributed by atoms with Crippen molar-refractivity contribution in [3.05, 3.63) is 48.8 Å². The van der Waals surface area contributed by atoms with Crippen molar-refractivity contribution in [1.82, 2.24) is 15.0 Å². The number of para-hydroxylation sites is 1. The maximum atomic E-state index is 5.42. The van der Waals surface area contributed by atoms with Crippen LogP contribution in [0.4, 0.5) is 5.82 Å². The Labute approximate surface area is 104 Å². The molecule has 0 fully saturated rings. The van der Waals surface area contributed by atoms with Crippen LogP contribution in [-0.4, -0.2) is 15.0 Å². The summed E-state index contributed by atoms with van der Waals surface area (Å²) in [5, 5.41) is 1.09. The van der Waals surface area contributed by atoms with Gasteiger partial charge in [-0.3, -0.25) is 0 Å². The molecule has 1 aromatic carbocycles. The van der Waals surface area contributed by atoms with E-state index in [-0.39, 0.29) is 0 Å². The van der Waals surface area contributed by atoms with Crippen LogP contribution in [0.15, 0.2) is 48.8 Å². The highest BCUT2D eigenvalue weighted by Gasteiger charge is 2.08. The Hall–Kier alpha value is -2.53. The number of anilines is 1. The summed E-state index contributed by atoms with van der Waals surface area (Å²) in [6, 6.07) is 11.8. The fourth-order valence-electron chi connectivity index (χ4n) is 1.83. The van der Waals surface area contributed by atoms with E-state index in [1.807, 2.05) is 36.4 Å². The molecular formula is C13H11N5. The third-order valence-corrected chi connectivity index (χ3v) is 2.68. The number of nitrogen functional groups attached to an aromatic ring is 1. The summed E-state index contributed by atoms with van der Waals surface area (Å²) in [7, 11) is 0. The maximum Gasteiger partial charge on any atom is 0.168 e. The van der Waals surface area contributed by atoms with Crippen LogP contribution < -0.4 is 11.3 Å². The number of hydrogen-bond acceptors (Lipinski definition) is 5. The summed E-state index contributed by atoms with van der Waals surface area (Å²) in [6.45, 7) is 0. The molecule has 3 rings (SSSR count). The van der Waals surface area contributed by atoms with Gasteiger partial charge in [-0.15, -0.1) is 0 Å². The largest absolute Gasteiger partial charge is 0.307 e. The first-order valence-corrected chi connectivity index (χ1v) is 5.52. The van der Waals surface area contributed by atoms with Crippen molar-refractivity contribution < 1.29 is 0 Å². The van der Waals surface area contributed by atoms with Crippen LogP contribution in [0.2, 0.25) is 0 Å². The summed E-state index contributed by atoms with van der Waals surface area (Å²) in [4.78, 5) is 12.9. The fraction of sp³-hybridized carbons (Fsp3) is 0. The lowest BCUT2D eigenvalue weighted by Gasteiger charge is -2.06. The highest BCUT2D eigenvalue weighted by atomic mass is 15.3. The predicted molar refractivity (Wildman–Crippen MR) is 70.6 cm³/mol. The summed E-state index contributed by atoms with van der Waals surface area (Å²) >= 11 is 0. The van der Waals surface area contributed by atoms with Crippen LogP contribution in [0.1, 0.15) is 0 Å². The number of benzene rings is 1. The average Bonchev–Trinajstić information content (AvgIpc) is 2.46. The SMILES string of the molecule is NNc1nccnc1-c1ccc2ccccc2n1. The second-order valence-electron chi connectivity index (χ2n) is 3.79. The highest BCUT2D eigenvalue weighted by molar-refractivity contribution is 5.82. The molecular weight excluding hydrogens is 226 g/mol. The van der Waals surface area contributed by atoms with E-state index < -0.39 is 0 Å². The van der Waals surface area contributed by atoms with Crippen molar-refractivity contribution >= 4 is 16.7 Å². The van der Waals surface area contributed by atoms with Crippen LogP contribution >= 0.6 is 0 Å². The van der Waals surface area contributed by atoms with Crippen molar-refractivity contribution in [1.29, 1.82) is 0 Å². The molecule has 5 nitrogen and oxygen atoms in total. The van der Waals surface area contributed by atoms with Gasteiger partial charge < -0.3 is 5.43 Å². The molecule has 0 aliphatic rings. The maximum absolute atomic E-state index is 5.42. The van der Waals surface area contributed by atoms with E-state index >= 15 is 0 Å². The number of rotatable bonds is 2. The molecule has 5 heteroatoms. The summed E-state index contributed by atoms with van der Waals surface area (Å²) in [6.07, 6.45) is 3.20. The van der Waals surface area contributed by atoms with Gasteiger partial charge in [0.05, 0.1) is 11.2 Å². The van der Waals surface area contributed by atoms with Crippen molar-refractivity contribution in [2.24, 2.45) is 5.84 Å². The number of hydrogen-bond donors (Lipinski definition) is 2. The second-order valence-corrected chi connectivity index (χ2v) is 3.79. The van der Waals surface area contributed by atoms with E-state index in [4.69, 9.17) is 5.84 Å². The minimum absolute atomic E-state index is 0.514. The van der Waals surface area contributed by atoms with Crippen LogP contribution in [0.5, 0.6) is 0 Å². The minimum atomic E-state index is 0.514. The Kier molecular flexibility index (Phi) is 2.59. The summed E-state index contributed by atoms with van der Waals surface area (Å²) in [5.74, 6) is 5.93. The number of nitrogens with two attached hydrogens (primary N) is 1. The number of hydrazine groups is 1. The number of nitrogens with one attached hydrogen (secondary N) is 1. The smallest absolute Gasteiger partial charge is 0.168 e. The van der Waals surface area contributed by atoms with E-state index in [9.17, 15) is 0 Å². The number of fused-ring (bicyclic) bond motifs is 1. The van der Waals surface area contributed by atoms with Gasteiger partial charge in [0.1, 0.15) is 5.69 Å². The molecule has 3 aromatic rings. The normalized spacial score (nSPS) is 10.5. The molecule has 2 aromatic heterocycles. The Morgan fingerprint density at radius 3 is 2.67 bits per heavy atom. The lowest BCUT2D eigenvalue weighted by Crippen LogP contribution is -2.10. The lowest BCUT2D eigenvalue weighted by atomic mass is 10.2. The third kappa shape index (κ3) is 1.76. The highest BCUT2D eigenvalue weighted by Crippen LogP contribution is 2.23. The minimum Gasteiger partial charge on any atom is -0.307 e. The zero-order valence-electron chi connectivity index (χ0n) is 9.54. The first kappa shape index (κ1) is 10.6. The van der Waals surface area contributed by atoms with Crippen LogP contribution in [-0.2, 0) is 0 Å². The van der Waals surface area contributed by atoms with Gasteiger partial charge in [-0.2, -0.15) is 0 Å². The molecule has 18 heavy (non-hydrogen) atoms. The van der Waals surface area contributed by atoms with Gasteiger partial charge in [0.2, 0.25) is 0 Å². The van der Waals surface area contributed by atoms with Crippen LogP contribution in [0.3, 0.4) is 0 Å². The zero-order valence-corrected chi connectivity index (χ0v) is 9.54. The number of nitrogens with zero attached hydrogens (tertiary/aromatic N) is 3.